The van der Waals surface area contributed by atoms with Gasteiger partial charge in [0, 0.05) is 0 Å². The maximum absolute atomic E-state index is 12.2. The second-order valence-electron chi connectivity index (χ2n) is 6.79. The summed E-state index contributed by atoms with van der Waals surface area (Å²) in [5.74, 6) is -1.94. The lowest BCUT2D eigenvalue weighted by atomic mass is 9.94. The molecule has 28 heavy (non-hydrogen) atoms. The van der Waals surface area contributed by atoms with Crippen molar-refractivity contribution in [1.82, 2.24) is 0 Å². The number of amides is 1. The highest BCUT2D eigenvalue weighted by atomic mass is 16.5. The molecule has 2 aliphatic rings. The summed E-state index contributed by atoms with van der Waals surface area (Å²) in [6, 6.07) is 4.04. The molecule has 0 heterocycles. The van der Waals surface area contributed by atoms with Crippen LogP contribution in [-0.4, -0.2) is 44.6 Å². The summed E-state index contributed by atoms with van der Waals surface area (Å²) in [6.45, 7) is -0.487. The lowest BCUT2D eigenvalue weighted by Gasteiger charge is -2.17. The predicted octanol–water partition coefficient (Wildman–Crippen LogP) is 1.95. The van der Waals surface area contributed by atoms with Gasteiger partial charge in [-0.1, -0.05) is 12.2 Å². The highest BCUT2D eigenvalue weighted by molar-refractivity contribution is 6.04. The lowest BCUT2D eigenvalue weighted by Crippen LogP contribution is -2.27. The highest BCUT2D eigenvalue weighted by Crippen LogP contribution is 2.43. The zero-order chi connectivity index (χ0) is 20.3. The van der Waals surface area contributed by atoms with Crippen molar-refractivity contribution in [3.8, 4) is 0 Å². The van der Waals surface area contributed by atoms with Crippen LogP contribution in [0.2, 0.25) is 0 Å². The fraction of sp³-hybridized carbons (Fsp3) is 0.400. The molecule has 0 saturated heterocycles. The second-order valence-corrected chi connectivity index (χ2v) is 6.79. The molecule has 148 valence electrons. The Kier molecular flexibility index (Phi) is 5.77. The Balaban J connectivity index is 1.65. The number of nitrogens with one attached hydrogen (secondary N) is 1. The Morgan fingerprint density at radius 3 is 2.39 bits per heavy atom. The van der Waals surface area contributed by atoms with E-state index in [0.29, 0.717) is 5.92 Å². The molecule has 1 amide bonds. The van der Waals surface area contributed by atoms with Gasteiger partial charge in [-0.2, -0.15) is 0 Å². The Labute approximate surface area is 161 Å². The van der Waals surface area contributed by atoms with Crippen LogP contribution in [0.3, 0.4) is 0 Å². The standard InChI is InChI=1S/C20H21NO7/c1-26-18(23)13-5-6-14(19(24)27-2)16(9-13)21-17(22)10-28-20(25)15-8-11-3-4-12(15)7-11/h3-6,9,11-12,15H,7-8,10H2,1-2H3,(H,21,22)/t11-,12+,15-/m1/s1. The third-order valence-corrected chi connectivity index (χ3v) is 5.05. The van der Waals surface area contributed by atoms with E-state index in [1.54, 1.807) is 0 Å². The van der Waals surface area contributed by atoms with E-state index in [0.717, 1.165) is 12.8 Å². The van der Waals surface area contributed by atoms with Gasteiger partial charge in [-0.25, -0.2) is 9.59 Å². The minimum Gasteiger partial charge on any atom is -0.465 e. The van der Waals surface area contributed by atoms with Crippen LogP contribution >= 0.6 is 0 Å². The van der Waals surface area contributed by atoms with E-state index in [1.807, 2.05) is 6.08 Å². The Morgan fingerprint density at radius 1 is 1.04 bits per heavy atom. The smallest absolute Gasteiger partial charge is 0.339 e. The Morgan fingerprint density at radius 2 is 1.79 bits per heavy atom. The van der Waals surface area contributed by atoms with Gasteiger partial charge in [-0.15, -0.1) is 0 Å². The van der Waals surface area contributed by atoms with Gasteiger partial charge >= 0.3 is 17.9 Å². The molecule has 0 radical (unpaired) electrons. The van der Waals surface area contributed by atoms with Gasteiger partial charge in [0.15, 0.2) is 6.61 Å². The van der Waals surface area contributed by atoms with Crippen LogP contribution in [0, 0.1) is 17.8 Å². The van der Waals surface area contributed by atoms with Gasteiger partial charge in [-0.05, 0) is 42.9 Å². The summed E-state index contributed by atoms with van der Waals surface area (Å²) in [6.07, 6.45) is 5.84. The molecule has 1 saturated carbocycles. The molecule has 0 spiro atoms. The molecule has 0 aliphatic heterocycles. The van der Waals surface area contributed by atoms with E-state index in [-0.39, 0.29) is 28.7 Å². The largest absolute Gasteiger partial charge is 0.465 e. The number of ether oxygens (including phenoxy) is 3. The van der Waals surface area contributed by atoms with Gasteiger partial charge in [0.05, 0.1) is 37.0 Å². The first-order valence-electron chi connectivity index (χ1n) is 8.88. The van der Waals surface area contributed by atoms with Crippen molar-refractivity contribution in [3.05, 3.63) is 41.5 Å². The second kappa shape index (κ2) is 8.24. The number of methoxy groups -OCH3 is 2. The van der Waals surface area contributed by atoms with Crippen LogP contribution in [0.1, 0.15) is 33.6 Å². The van der Waals surface area contributed by atoms with Crippen LogP contribution in [0.5, 0.6) is 0 Å². The summed E-state index contributed by atoms with van der Waals surface area (Å²) in [5.41, 5.74) is 0.281. The number of hydrogen-bond donors (Lipinski definition) is 1. The van der Waals surface area contributed by atoms with Gasteiger partial charge < -0.3 is 19.5 Å². The van der Waals surface area contributed by atoms with E-state index in [2.05, 4.69) is 20.9 Å². The Bertz CT molecular complexity index is 845. The van der Waals surface area contributed by atoms with Crippen LogP contribution in [-0.2, 0) is 23.8 Å². The quantitative estimate of drug-likeness (QED) is 0.451. The van der Waals surface area contributed by atoms with Crippen LogP contribution < -0.4 is 5.32 Å². The number of rotatable bonds is 6. The maximum Gasteiger partial charge on any atom is 0.339 e. The number of fused-ring (bicyclic) bond motifs is 2. The average molecular weight is 387 g/mol. The molecular formula is C20H21NO7. The summed E-state index contributed by atoms with van der Waals surface area (Å²) in [7, 11) is 2.42. The zero-order valence-electron chi connectivity index (χ0n) is 15.6. The van der Waals surface area contributed by atoms with Crippen molar-refractivity contribution in [3.63, 3.8) is 0 Å². The normalized spacial score (nSPS) is 21.9. The van der Waals surface area contributed by atoms with Crippen LogP contribution in [0.4, 0.5) is 5.69 Å². The van der Waals surface area contributed by atoms with Gasteiger partial charge in [0.2, 0.25) is 0 Å². The molecule has 1 aromatic carbocycles. The van der Waals surface area contributed by atoms with Crippen LogP contribution in [0.15, 0.2) is 30.4 Å². The first kappa shape index (κ1) is 19.6. The SMILES string of the molecule is COC(=O)c1ccc(C(=O)OC)c(NC(=O)COC(=O)[C@@H]2C[C@@H]3C=C[C@H]2C3)c1. The monoisotopic (exact) mass is 387 g/mol. The number of esters is 3. The molecule has 0 unspecified atom stereocenters. The minimum absolute atomic E-state index is 0.0630. The molecule has 3 rings (SSSR count). The molecular weight excluding hydrogens is 366 g/mol. The topological polar surface area (TPSA) is 108 Å². The number of allylic oxidation sites excluding steroid dienone is 2. The van der Waals surface area contributed by atoms with Crippen molar-refractivity contribution in [2.45, 2.75) is 12.8 Å². The first-order valence-corrected chi connectivity index (χ1v) is 8.88. The third kappa shape index (κ3) is 4.05. The molecule has 8 heteroatoms. The molecule has 3 atom stereocenters. The van der Waals surface area contributed by atoms with Gasteiger partial charge in [0.1, 0.15) is 0 Å². The van der Waals surface area contributed by atoms with E-state index in [9.17, 15) is 19.2 Å². The molecule has 1 N–H and O–H groups in total. The molecule has 2 bridgehead atoms. The number of carbonyl (C=O) groups excluding carboxylic acids is 4. The first-order chi connectivity index (χ1) is 13.4. The molecule has 8 nitrogen and oxygen atoms in total. The molecule has 0 aromatic heterocycles. The number of carbonyl (C=O) groups is 4. The van der Waals surface area contributed by atoms with Crippen molar-refractivity contribution in [2.24, 2.45) is 17.8 Å². The van der Waals surface area contributed by atoms with E-state index < -0.39 is 30.4 Å². The van der Waals surface area contributed by atoms with Gasteiger partial charge in [0.25, 0.3) is 5.91 Å². The summed E-state index contributed by atoms with van der Waals surface area (Å²) in [4.78, 5) is 48.1. The van der Waals surface area contributed by atoms with Crippen molar-refractivity contribution in [1.29, 1.82) is 0 Å². The number of anilines is 1. The van der Waals surface area contributed by atoms with Gasteiger partial charge in [-0.3, -0.25) is 9.59 Å². The predicted molar refractivity (Wildman–Crippen MR) is 97.6 cm³/mol. The van der Waals surface area contributed by atoms with E-state index in [1.165, 1.54) is 32.4 Å². The minimum atomic E-state index is -0.683. The molecule has 1 aromatic rings. The van der Waals surface area contributed by atoms with Crippen molar-refractivity contribution in [2.75, 3.05) is 26.1 Å². The summed E-state index contributed by atoms with van der Waals surface area (Å²) in [5, 5.41) is 2.49. The number of benzene rings is 1. The highest BCUT2D eigenvalue weighted by Gasteiger charge is 2.40. The van der Waals surface area contributed by atoms with Crippen molar-refractivity contribution < 1.29 is 33.4 Å². The zero-order valence-corrected chi connectivity index (χ0v) is 15.6. The van der Waals surface area contributed by atoms with E-state index in [4.69, 9.17) is 4.74 Å². The van der Waals surface area contributed by atoms with E-state index >= 15 is 0 Å². The fourth-order valence-electron chi connectivity index (χ4n) is 3.66. The molecule has 2 aliphatic carbocycles. The third-order valence-electron chi connectivity index (χ3n) is 5.05. The molecule has 1 fully saturated rings. The fourth-order valence-corrected chi connectivity index (χ4v) is 3.66. The maximum atomic E-state index is 12.2. The number of hydrogen-bond acceptors (Lipinski definition) is 7. The van der Waals surface area contributed by atoms with Crippen molar-refractivity contribution >= 4 is 29.5 Å². The summed E-state index contributed by atoms with van der Waals surface area (Å²) < 4.78 is 14.5. The Hall–Kier alpha value is -3.16. The summed E-state index contributed by atoms with van der Waals surface area (Å²) >= 11 is 0. The lowest BCUT2D eigenvalue weighted by molar-refractivity contribution is -0.152. The van der Waals surface area contributed by atoms with Crippen LogP contribution in [0.25, 0.3) is 0 Å². The average Bonchev–Trinajstić information content (AvgIpc) is 3.34.